The van der Waals surface area contributed by atoms with Gasteiger partial charge in [-0.3, -0.25) is 0 Å². The number of rotatable bonds is 0. The van der Waals surface area contributed by atoms with Crippen molar-refractivity contribution < 1.29 is 9.13 Å². The van der Waals surface area contributed by atoms with Crippen LogP contribution in [0.2, 0.25) is 0 Å². The summed E-state index contributed by atoms with van der Waals surface area (Å²) in [5.41, 5.74) is 5.24. The minimum atomic E-state index is 0.854. The van der Waals surface area contributed by atoms with Crippen molar-refractivity contribution in [1.29, 1.82) is 0 Å². The van der Waals surface area contributed by atoms with Gasteiger partial charge in [-0.15, -0.1) is 0 Å². The Morgan fingerprint density at radius 2 is 1.26 bits per heavy atom. The van der Waals surface area contributed by atoms with E-state index in [1.54, 1.807) is 0 Å². The van der Waals surface area contributed by atoms with Crippen molar-refractivity contribution in [2.24, 2.45) is 0 Å². The number of hydrogen-bond donors (Lipinski definition) is 0. The van der Waals surface area contributed by atoms with Gasteiger partial charge in [-0.1, -0.05) is 36.4 Å². The van der Waals surface area contributed by atoms with Crippen LogP contribution in [0.4, 0.5) is 0 Å². The molecule has 0 N–H and O–H groups in total. The maximum Gasteiger partial charge on any atom is 0.244 e. The van der Waals surface area contributed by atoms with Gasteiger partial charge in [-0.05, 0) is 33.1 Å². The smallest absolute Gasteiger partial charge is 0.233 e. The molecule has 2 aromatic carbocycles. The van der Waals surface area contributed by atoms with Crippen LogP contribution in [0.3, 0.4) is 0 Å². The molecule has 0 fully saturated rings. The number of hydrogen-bond acceptors (Lipinski definition) is 0. The number of fused-ring (bicyclic) bond motifs is 8. The molecule has 2 aromatic heterocycles. The number of halogens is 1. The second-order valence-electron chi connectivity index (χ2n) is 7.23. The molecule has 1 aliphatic heterocycles. The first kappa shape index (κ1) is 16.5. The zero-order valence-corrected chi connectivity index (χ0v) is 16.6. The number of imidazole rings is 2. The molecule has 5 heteroatoms. The lowest BCUT2D eigenvalue weighted by atomic mass is 10.1. The fourth-order valence-corrected chi connectivity index (χ4v) is 4.29. The molecule has 8 bridgehead atoms. The van der Waals surface area contributed by atoms with Crippen LogP contribution in [0.15, 0.2) is 84.4 Å². The van der Waals surface area contributed by atoms with E-state index in [1.807, 2.05) is 0 Å². The second kappa shape index (κ2) is 6.82. The van der Waals surface area contributed by atoms with Crippen molar-refractivity contribution in [1.82, 2.24) is 9.13 Å². The standard InChI is InChI=1S/C22H21BrN4/c23-22-20-5-2-6-21(22)15-27-10-8-25(17-27)13-19-4-1-3-18(11-19)12-24-7-9-26(14-20)16-24/h1-11,16-17H,12-15H2/q+2. The van der Waals surface area contributed by atoms with E-state index in [4.69, 9.17) is 0 Å². The first-order chi connectivity index (χ1) is 13.2. The quantitative estimate of drug-likeness (QED) is 0.342. The highest BCUT2D eigenvalue weighted by molar-refractivity contribution is 9.10. The summed E-state index contributed by atoms with van der Waals surface area (Å²) in [6, 6.07) is 15.4. The predicted octanol–water partition coefficient (Wildman–Crippen LogP) is 3.13. The Kier molecular flexibility index (Phi) is 4.17. The molecule has 134 valence electrons. The second-order valence-corrected chi connectivity index (χ2v) is 8.02. The van der Waals surface area contributed by atoms with Crippen LogP contribution >= 0.6 is 15.9 Å². The van der Waals surface area contributed by atoms with Crippen LogP contribution in [0.25, 0.3) is 0 Å². The average molecular weight is 421 g/mol. The Bertz CT molecular complexity index is 1030. The van der Waals surface area contributed by atoms with Crippen molar-refractivity contribution in [3.8, 4) is 0 Å². The van der Waals surface area contributed by atoms with E-state index in [1.165, 1.54) is 26.7 Å². The number of nitrogens with zero attached hydrogens (tertiary/aromatic N) is 4. The van der Waals surface area contributed by atoms with Gasteiger partial charge >= 0.3 is 0 Å². The molecule has 4 nitrogen and oxygen atoms in total. The third kappa shape index (κ3) is 3.47. The third-order valence-electron chi connectivity index (χ3n) is 5.08. The van der Waals surface area contributed by atoms with E-state index in [2.05, 4.69) is 114 Å². The highest BCUT2D eigenvalue weighted by Gasteiger charge is 2.14. The Hall–Kier alpha value is -2.66. The van der Waals surface area contributed by atoms with Crippen molar-refractivity contribution in [3.63, 3.8) is 0 Å². The third-order valence-corrected chi connectivity index (χ3v) is 6.10. The topological polar surface area (TPSA) is 17.6 Å². The van der Waals surface area contributed by atoms with Crippen LogP contribution in [-0.4, -0.2) is 9.13 Å². The highest BCUT2D eigenvalue weighted by Crippen LogP contribution is 2.23. The van der Waals surface area contributed by atoms with Crippen molar-refractivity contribution in [3.05, 3.63) is 107 Å². The largest absolute Gasteiger partial charge is 0.244 e. The lowest BCUT2D eigenvalue weighted by Crippen LogP contribution is -2.33. The van der Waals surface area contributed by atoms with Crippen LogP contribution in [0.5, 0.6) is 0 Å². The Labute approximate surface area is 167 Å². The molecule has 1 aliphatic rings. The fraction of sp³-hybridized carbons (Fsp3) is 0.182. The van der Waals surface area contributed by atoms with Gasteiger partial charge in [0.15, 0.2) is 0 Å². The zero-order chi connectivity index (χ0) is 18.2. The Morgan fingerprint density at radius 1 is 0.741 bits per heavy atom. The van der Waals surface area contributed by atoms with E-state index in [0.717, 1.165) is 26.2 Å². The van der Waals surface area contributed by atoms with Gasteiger partial charge in [0.2, 0.25) is 12.7 Å². The molecule has 0 saturated heterocycles. The van der Waals surface area contributed by atoms with E-state index in [0.29, 0.717) is 0 Å². The molecule has 3 heterocycles. The van der Waals surface area contributed by atoms with Gasteiger partial charge in [-0.2, -0.15) is 0 Å². The molecule has 5 rings (SSSR count). The predicted molar refractivity (Wildman–Crippen MR) is 106 cm³/mol. The summed E-state index contributed by atoms with van der Waals surface area (Å²) in [5.74, 6) is 0. The van der Waals surface area contributed by atoms with Gasteiger partial charge in [0.05, 0.1) is 0 Å². The molecule has 27 heavy (non-hydrogen) atoms. The van der Waals surface area contributed by atoms with Gasteiger partial charge < -0.3 is 0 Å². The molecule has 0 atom stereocenters. The molecule has 0 saturated carbocycles. The number of benzene rings is 2. The summed E-state index contributed by atoms with van der Waals surface area (Å²) in [4.78, 5) is 0. The normalized spacial score (nSPS) is 13.5. The van der Waals surface area contributed by atoms with Gasteiger partial charge in [-0.25, -0.2) is 18.3 Å². The van der Waals surface area contributed by atoms with E-state index in [-0.39, 0.29) is 0 Å². The fourth-order valence-electron chi connectivity index (χ4n) is 3.77. The molecule has 0 unspecified atom stereocenters. The lowest BCUT2D eigenvalue weighted by molar-refractivity contribution is -0.688. The average Bonchev–Trinajstić information content (AvgIpc) is 3.28. The van der Waals surface area contributed by atoms with Crippen molar-refractivity contribution in [2.45, 2.75) is 26.2 Å². The summed E-state index contributed by atoms with van der Waals surface area (Å²) in [5, 5.41) is 0. The summed E-state index contributed by atoms with van der Waals surface area (Å²) in [7, 11) is 0. The summed E-state index contributed by atoms with van der Waals surface area (Å²) in [6.45, 7) is 3.47. The number of aromatic nitrogens is 4. The monoisotopic (exact) mass is 420 g/mol. The molecule has 0 amide bonds. The van der Waals surface area contributed by atoms with E-state index >= 15 is 0 Å². The van der Waals surface area contributed by atoms with Gasteiger partial charge in [0.25, 0.3) is 0 Å². The molecule has 0 radical (unpaired) electrons. The van der Waals surface area contributed by atoms with Gasteiger partial charge in [0, 0.05) is 15.6 Å². The van der Waals surface area contributed by atoms with Gasteiger partial charge in [0.1, 0.15) is 51.0 Å². The molecule has 4 aromatic rings. The summed E-state index contributed by atoms with van der Waals surface area (Å²) >= 11 is 3.84. The lowest BCUT2D eigenvalue weighted by Gasteiger charge is -2.07. The Balaban J connectivity index is 1.60. The first-order valence-electron chi connectivity index (χ1n) is 9.17. The van der Waals surface area contributed by atoms with Crippen molar-refractivity contribution >= 4 is 15.9 Å². The molecule has 0 spiro atoms. The minimum absolute atomic E-state index is 0.854. The molecule has 0 aliphatic carbocycles. The first-order valence-corrected chi connectivity index (χ1v) is 9.96. The van der Waals surface area contributed by atoms with Crippen molar-refractivity contribution in [2.75, 3.05) is 0 Å². The molecular formula is C22H21BrN4+2. The SMILES string of the molecule is Brc1c2cccc1Cn1cc[n+](c1)Cc1cccc(c1)C[n+]1ccn(c1)C2. The van der Waals surface area contributed by atoms with Crippen LogP contribution in [-0.2, 0) is 26.2 Å². The van der Waals surface area contributed by atoms with Crippen LogP contribution in [0.1, 0.15) is 22.3 Å². The minimum Gasteiger partial charge on any atom is -0.233 e. The Morgan fingerprint density at radius 3 is 1.81 bits per heavy atom. The maximum absolute atomic E-state index is 3.84. The summed E-state index contributed by atoms with van der Waals surface area (Å²) < 4.78 is 10.2. The zero-order valence-electron chi connectivity index (χ0n) is 15.0. The van der Waals surface area contributed by atoms with E-state index in [9.17, 15) is 0 Å². The van der Waals surface area contributed by atoms with Crippen LogP contribution in [0, 0.1) is 0 Å². The highest BCUT2D eigenvalue weighted by atomic mass is 79.9. The summed E-state index contributed by atoms with van der Waals surface area (Å²) in [6.07, 6.45) is 13.0. The van der Waals surface area contributed by atoms with E-state index < -0.39 is 0 Å². The maximum atomic E-state index is 3.84. The van der Waals surface area contributed by atoms with Crippen LogP contribution < -0.4 is 9.13 Å². The molecular weight excluding hydrogens is 400 g/mol.